The molecule has 8 nitrogen and oxygen atoms in total. The van der Waals surface area contributed by atoms with E-state index in [-0.39, 0.29) is 17.4 Å². The molecule has 1 atom stereocenters. The number of amides is 1. The highest BCUT2D eigenvalue weighted by Crippen LogP contribution is 2.28. The average molecular weight is 429 g/mol. The maximum absolute atomic E-state index is 13.1. The van der Waals surface area contributed by atoms with Gasteiger partial charge in [-0.15, -0.1) is 10.2 Å². The molecule has 3 rings (SSSR count). The lowest BCUT2D eigenvalue weighted by Gasteiger charge is -2.16. The van der Waals surface area contributed by atoms with E-state index in [2.05, 4.69) is 15.5 Å². The van der Waals surface area contributed by atoms with E-state index in [1.54, 1.807) is 42.7 Å². The van der Waals surface area contributed by atoms with Crippen LogP contribution in [0.5, 0.6) is 0 Å². The van der Waals surface area contributed by atoms with Crippen LogP contribution < -0.4 is 5.32 Å². The maximum atomic E-state index is 13.1. The number of nitrogens with zero attached hydrogens (tertiary/aromatic N) is 4. The van der Waals surface area contributed by atoms with Crippen LogP contribution >= 0.6 is 11.8 Å². The predicted molar refractivity (Wildman–Crippen MR) is 111 cm³/mol. The van der Waals surface area contributed by atoms with Crippen molar-refractivity contribution in [1.82, 2.24) is 20.1 Å². The molecule has 0 saturated carbocycles. The van der Waals surface area contributed by atoms with Gasteiger partial charge in [-0.1, -0.05) is 30.8 Å². The standard InChI is InChI=1S/C20H20FN5O3S/c1-3-18(27)22-13(2)19-23-24-20(30-12-14-4-6-15(21)7-5-14)25(19)16-8-10-17(11-9-16)26(28)29/h4-11,13H,3,12H2,1-2H3,(H,22,27). The number of benzene rings is 2. The molecular formula is C20H20FN5O3S. The summed E-state index contributed by atoms with van der Waals surface area (Å²) >= 11 is 1.39. The van der Waals surface area contributed by atoms with Gasteiger partial charge in [-0.2, -0.15) is 0 Å². The van der Waals surface area contributed by atoms with Crippen molar-refractivity contribution < 1.29 is 14.1 Å². The third-order valence-corrected chi connectivity index (χ3v) is 5.34. The van der Waals surface area contributed by atoms with Crippen molar-refractivity contribution in [3.63, 3.8) is 0 Å². The number of aromatic nitrogens is 3. The van der Waals surface area contributed by atoms with E-state index in [1.807, 2.05) is 0 Å². The molecule has 0 spiro atoms. The smallest absolute Gasteiger partial charge is 0.269 e. The normalized spacial score (nSPS) is 11.8. The van der Waals surface area contributed by atoms with Crippen LogP contribution in [0.25, 0.3) is 5.69 Å². The van der Waals surface area contributed by atoms with E-state index in [0.717, 1.165) is 5.56 Å². The number of hydrogen-bond donors (Lipinski definition) is 1. The van der Waals surface area contributed by atoms with Crippen LogP contribution in [0.15, 0.2) is 53.7 Å². The van der Waals surface area contributed by atoms with E-state index in [1.165, 1.54) is 36.0 Å². The van der Waals surface area contributed by atoms with Crippen LogP contribution in [0.1, 0.15) is 37.7 Å². The Bertz CT molecular complexity index is 1040. The van der Waals surface area contributed by atoms with Gasteiger partial charge in [-0.25, -0.2) is 4.39 Å². The third kappa shape index (κ3) is 5.01. The van der Waals surface area contributed by atoms with E-state index in [0.29, 0.717) is 28.8 Å². The first-order valence-electron chi connectivity index (χ1n) is 9.25. The molecule has 0 radical (unpaired) electrons. The number of nitro groups is 1. The van der Waals surface area contributed by atoms with Crippen LogP contribution in [0.4, 0.5) is 10.1 Å². The summed E-state index contributed by atoms with van der Waals surface area (Å²) in [7, 11) is 0. The summed E-state index contributed by atoms with van der Waals surface area (Å²) < 4.78 is 14.9. The number of carbonyl (C=O) groups is 1. The molecule has 1 N–H and O–H groups in total. The molecule has 1 unspecified atom stereocenters. The molecule has 0 aliphatic heterocycles. The number of halogens is 1. The Balaban J connectivity index is 1.94. The summed E-state index contributed by atoms with van der Waals surface area (Å²) in [4.78, 5) is 22.3. The second-order valence-corrected chi connectivity index (χ2v) is 7.45. The van der Waals surface area contributed by atoms with Gasteiger partial charge < -0.3 is 5.32 Å². The van der Waals surface area contributed by atoms with Crippen molar-refractivity contribution in [2.24, 2.45) is 0 Å². The molecular weight excluding hydrogens is 409 g/mol. The molecule has 156 valence electrons. The average Bonchev–Trinajstić information content (AvgIpc) is 3.17. The minimum absolute atomic E-state index is 0.0266. The topological polar surface area (TPSA) is 103 Å². The molecule has 3 aromatic rings. The van der Waals surface area contributed by atoms with Crippen molar-refractivity contribution >= 4 is 23.4 Å². The monoisotopic (exact) mass is 429 g/mol. The van der Waals surface area contributed by atoms with Crippen molar-refractivity contribution in [3.8, 4) is 5.69 Å². The fourth-order valence-corrected chi connectivity index (χ4v) is 3.67. The van der Waals surface area contributed by atoms with Gasteiger partial charge in [0.25, 0.3) is 5.69 Å². The Morgan fingerprint density at radius 2 is 1.87 bits per heavy atom. The molecule has 1 amide bonds. The zero-order valence-electron chi connectivity index (χ0n) is 16.4. The van der Waals surface area contributed by atoms with E-state index < -0.39 is 11.0 Å². The van der Waals surface area contributed by atoms with Gasteiger partial charge in [0.1, 0.15) is 5.82 Å². The van der Waals surface area contributed by atoms with Crippen molar-refractivity contribution in [2.45, 2.75) is 37.2 Å². The second-order valence-electron chi connectivity index (χ2n) is 6.51. The summed E-state index contributed by atoms with van der Waals surface area (Å²) in [6.45, 7) is 3.56. The van der Waals surface area contributed by atoms with Crippen molar-refractivity contribution in [1.29, 1.82) is 0 Å². The number of hydrogen-bond acceptors (Lipinski definition) is 6. The van der Waals surface area contributed by atoms with Gasteiger partial charge in [0.2, 0.25) is 5.91 Å². The number of thioether (sulfide) groups is 1. The van der Waals surface area contributed by atoms with Gasteiger partial charge in [0, 0.05) is 30.0 Å². The summed E-state index contributed by atoms with van der Waals surface area (Å²) in [6, 6.07) is 11.8. The van der Waals surface area contributed by atoms with Crippen molar-refractivity contribution in [3.05, 3.63) is 75.9 Å². The molecule has 2 aromatic carbocycles. The highest BCUT2D eigenvalue weighted by Gasteiger charge is 2.21. The van der Waals surface area contributed by atoms with Crippen LogP contribution in [-0.2, 0) is 10.5 Å². The predicted octanol–water partition coefficient (Wildman–Crippen LogP) is 4.19. The lowest BCUT2D eigenvalue weighted by molar-refractivity contribution is -0.384. The van der Waals surface area contributed by atoms with Gasteiger partial charge in [0.15, 0.2) is 11.0 Å². The maximum Gasteiger partial charge on any atom is 0.269 e. The first kappa shape index (κ1) is 21.4. The zero-order chi connectivity index (χ0) is 21.7. The van der Waals surface area contributed by atoms with Gasteiger partial charge >= 0.3 is 0 Å². The second kappa shape index (κ2) is 9.49. The molecule has 0 aliphatic rings. The number of rotatable bonds is 8. The largest absolute Gasteiger partial charge is 0.346 e. The Kier molecular flexibility index (Phi) is 6.78. The van der Waals surface area contributed by atoms with Crippen LogP contribution in [0, 0.1) is 15.9 Å². The molecule has 1 heterocycles. The molecule has 30 heavy (non-hydrogen) atoms. The summed E-state index contributed by atoms with van der Waals surface area (Å²) in [5, 5.41) is 22.9. The van der Waals surface area contributed by atoms with E-state index >= 15 is 0 Å². The molecule has 1 aromatic heterocycles. The van der Waals surface area contributed by atoms with Crippen LogP contribution in [-0.4, -0.2) is 25.6 Å². The summed E-state index contributed by atoms with van der Waals surface area (Å²) in [5.41, 5.74) is 1.52. The lowest BCUT2D eigenvalue weighted by Crippen LogP contribution is -2.27. The molecule has 0 saturated heterocycles. The minimum atomic E-state index is -0.467. The number of nitrogens with one attached hydrogen (secondary N) is 1. The first-order chi connectivity index (χ1) is 14.4. The van der Waals surface area contributed by atoms with E-state index in [4.69, 9.17) is 0 Å². The SMILES string of the molecule is CCC(=O)NC(C)c1nnc(SCc2ccc(F)cc2)n1-c1ccc([N+](=O)[O-])cc1. The first-order valence-corrected chi connectivity index (χ1v) is 10.2. The molecule has 0 aliphatic carbocycles. The van der Waals surface area contributed by atoms with Gasteiger partial charge in [-0.3, -0.25) is 19.5 Å². The minimum Gasteiger partial charge on any atom is -0.346 e. The zero-order valence-corrected chi connectivity index (χ0v) is 17.2. The highest BCUT2D eigenvalue weighted by molar-refractivity contribution is 7.98. The molecule has 0 bridgehead atoms. The fourth-order valence-electron chi connectivity index (χ4n) is 2.76. The Morgan fingerprint density at radius 1 is 1.20 bits per heavy atom. The van der Waals surface area contributed by atoms with E-state index in [9.17, 15) is 19.3 Å². The third-order valence-electron chi connectivity index (χ3n) is 4.34. The summed E-state index contributed by atoms with van der Waals surface area (Å²) in [6.07, 6.45) is 0.335. The van der Waals surface area contributed by atoms with Gasteiger partial charge in [0.05, 0.1) is 11.0 Å². The summed E-state index contributed by atoms with van der Waals surface area (Å²) in [5.74, 6) is 0.607. The Morgan fingerprint density at radius 3 is 2.47 bits per heavy atom. The number of nitro benzene ring substituents is 1. The fraction of sp³-hybridized carbons (Fsp3) is 0.250. The Labute approximate surface area is 176 Å². The van der Waals surface area contributed by atoms with Gasteiger partial charge in [-0.05, 0) is 36.8 Å². The number of non-ortho nitro benzene ring substituents is 1. The quantitative estimate of drug-likeness (QED) is 0.327. The Hall–Kier alpha value is -3.27. The number of carbonyl (C=O) groups excluding carboxylic acids is 1. The molecule has 0 fully saturated rings. The lowest BCUT2D eigenvalue weighted by atomic mass is 10.2. The molecule has 10 heteroatoms. The highest BCUT2D eigenvalue weighted by atomic mass is 32.2. The van der Waals surface area contributed by atoms with Crippen LogP contribution in [0.2, 0.25) is 0 Å². The van der Waals surface area contributed by atoms with Crippen LogP contribution in [0.3, 0.4) is 0 Å². The van der Waals surface area contributed by atoms with Crippen molar-refractivity contribution in [2.75, 3.05) is 0 Å².